The lowest BCUT2D eigenvalue weighted by atomic mass is 9.87. The first kappa shape index (κ1) is 18.3. The Labute approximate surface area is 157 Å². The van der Waals surface area contributed by atoms with E-state index in [0.717, 1.165) is 15.4 Å². The van der Waals surface area contributed by atoms with E-state index in [4.69, 9.17) is 0 Å². The molecule has 0 aliphatic rings. The highest BCUT2D eigenvalue weighted by atomic mass is 32.2. The van der Waals surface area contributed by atoms with Crippen molar-refractivity contribution in [3.63, 3.8) is 0 Å². The molecule has 0 fully saturated rings. The number of sulfone groups is 1. The number of nitrogens with zero attached hydrogens (tertiary/aromatic N) is 1. The van der Waals surface area contributed by atoms with E-state index in [1.54, 1.807) is 11.3 Å². The zero-order chi connectivity index (χ0) is 18.1. The largest absolute Gasteiger partial charge is 0.239 e. The quantitative estimate of drug-likeness (QED) is 0.594. The molecule has 0 unspecified atom stereocenters. The van der Waals surface area contributed by atoms with Gasteiger partial charge in [-0.3, -0.25) is 0 Å². The van der Waals surface area contributed by atoms with Gasteiger partial charge in [-0.05, 0) is 28.0 Å². The second-order valence-electron chi connectivity index (χ2n) is 7.10. The molecule has 6 heteroatoms. The molecular weight excluding hydrogens is 370 g/mol. The van der Waals surface area contributed by atoms with Crippen molar-refractivity contribution in [2.75, 3.05) is 0 Å². The van der Waals surface area contributed by atoms with Gasteiger partial charge in [0.2, 0.25) is 0 Å². The molecule has 0 radical (unpaired) electrons. The number of hydrogen-bond donors (Lipinski definition) is 0. The maximum absolute atomic E-state index is 12.5. The van der Waals surface area contributed by atoms with Crippen molar-refractivity contribution >= 4 is 32.5 Å². The fraction of sp³-hybridized carbons (Fsp3) is 0.316. The molecule has 2 heterocycles. The Hall–Kier alpha value is -1.50. The van der Waals surface area contributed by atoms with Gasteiger partial charge in [0, 0.05) is 5.38 Å². The number of aromatic nitrogens is 1. The van der Waals surface area contributed by atoms with Crippen molar-refractivity contribution in [2.24, 2.45) is 0 Å². The molecule has 0 N–H and O–H groups in total. The van der Waals surface area contributed by atoms with E-state index >= 15 is 0 Å². The first-order valence-electron chi connectivity index (χ1n) is 8.01. The minimum atomic E-state index is -3.24. The maximum atomic E-state index is 12.5. The van der Waals surface area contributed by atoms with Gasteiger partial charge >= 0.3 is 0 Å². The van der Waals surface area contributed by atoms with E-state index < -0.39 is 9.84 Å². The van der Waals surface area contributed by atoms with Crippen LogP contribution in [-0.2, 0) is 26.8 Å². The first-order chi connectivity index (χ1) is 11.7. The van der Waals surface area contributed by atoms with Gasteiger partial charge in [-0.15, -0.1) is 22.7 Å². The summed E-state index contributed by atoms with van der Waals surface area (Å²) in [5.41, 5.74) is 2.71. The minimum absolute atomic E-state index is 0.0180. The summed E-state index contributed by atoms with van der Waals surface area (Å²) in [6, 6.07) is 11.8. The Morgan fingerprint density at radius 2 is 1.72 bits per heavy atom. The lowest BCUT2D eigenvalue weighted by Gasteiger charge is -2.19. The predicted molar refractivity (Wildman–Crippen MR) is 107 cm³/mol. The van der Waals surface area contributed by atoms with Crippen LogP contribution in [0.2, 0.25) is 0 Å². The lowest BCUT2D eigenvalue weighted by molar-refractivity contribution is 0.589. The molecule has 0 spiro atoms. The number of rotatable bonds is 5. The zero-order valence-corrected chi connectivity index (χ0v) is 17.0. The second-order valence-corrected chi connectivity index (χ2v) is 11.0. The summed E-state index contributed by atoms with van der Waals surface area (Å²) in [6.07, 6.45) is 0. The van der Waals surface area contributed by atoms with E-state index in [0.29, 0.717) is 5.69 Å². The summed E-state index contributed by atoms with van der Waals surface area (Å²) in [5.74, 6) is 0.0270. The average molecular weight is 392 g/mol. The fourth-order valence-corrected chi connectivity index (χ4v) is 5.66. The number of thiazole rings is 1. The molecular formula is C19H21NO2S3. The van der Waals surface area contributed by atoms with Crippen molar-refractivity contribution in [1.82, 2.24) is 4.98 Å². The molecule has 0 aliphatic carbocycles. The summed E-state index contributed by atoms with van der Waals surface area (Å²) in [6.45, 7) is 6.44. The van der Waals surface area contributed by atoms with Crippen LogP contribution in [-0.4, -0.2) is 13.4 Å². The highest BCUT2D eigenvalue weighted by Gasteiger charge is 2.18. The molecule has 1 aromatic carbocycles. The Morgan fingerprint density at radius 3 is 2.32 bits per heavy atom. The van der Waals surface area contributed by atoms with Crippen LogP contribution in [0.1, 0.15) is 37.6 Å². The summed E-state index contributed by atoms with van der Waals surface area (Å²) in [5, 5.41) is 4.72. The third kappa shape index (κ3) is 4.77. The zero-order valence-electron chi connectivity index (χ0n) is 14.5. The van der Waals surface area contributed by atoms with Gasteiger partial charge in [0.1, 0.15) is 5.01 Å². The average Bonchev–Trinajstić information content (AvgIpc) is 3.16. The normalized spacial score (nSPS) is 12.4. The van der Waals surface area contributed by atoms with Crippen molar-refractivity contribution in [1.29, 1.82) is 0 Å². The van der Waals surface area contributed by atoms with Crippen molar-refractivity contribution in [3.05, 3.63) is 64.0 Å². The summed E-state index contributed by atoms with van der Waals surface area (Å²) >= 11 is 3.11. The van der Waals surface area contributed by atoms with E-state index in [9.17, 15) is 8.42 Å². The highest BCUT2D eigenvalue weighted by Crippen LogP contribution is 2.29. The number of benzene rings is 1. The molecule has 25 heavy (non-hydrogen) atoms. The van der Waals surface area contributed by atoms with Crippen molar-refractivity contribution < 1.29 is 8.42 Å². The molecule has 3 aromatic rings. The fourth-order valence-electron chi connectivity index (χ4n) is 2.52. The molecule has 0 saturated heterocycles. The maximum Gasteiger partial charge on any atom is 0.160 e. The monoisotopic (exact) mass is 391 g/mol. The molecule has 0 amide bonds. The minimum Gasteiger partial charge on any atom is -0.239 e. The van der Waals surface area contributed by atoms with Crippen LogP contribution in [0, 0.1) is 0 Å². The summed E-state index contributed by atoms with van der Waals surface area (Å²) < 4.78 is 25.0. The second kappa shape index (κ2) is 7.02. The van der Waals surface area contributed by atoms with Gasteiger partial charge in [-0.1, -0.05) is 51.1 Å². The first-order valence-corrected chi connectivity index (χ1v) is 11.6. The van der Waals surface area contributed by atoms with E-state index in [-0.39, 0.29) is 16.9 Å². The van der Waals surface area contributed by atoms with Crippen LogP contribution < -0.4 is 0 Å². The Bertz CT molecular complexity index is 931. The summed E-state index contributed by atoms with van der Waals surface area (Å²) in [4.78, 5) is 5.55. The summed E-state index contributed by atoms with van der Waals surface area (Å²) in [7, 11) is -3.24. The smallest absolute Gasteiger partial charge is 0.160 e. The van der Waals surface area contributed by atoms with Gasteiger partial charge in [-0.2, -0.15) is 0 Å². The molecule has 3 nitrogen and oxygen atoms in total. The van der Waals surface area contributed by atoms with Gasteiger partial charge in [-0.25, -0.2) is 13.4 Å². The van der Waals surface area contributed by atoms with Crippen LogP contribution in [0.3, 0.4) is 0 Å². The van der Waals surface area contributed by atoms with Gasteiger partial charge < -0.3 is 0 Å². The van der Waals surface area contributed by atoms with E-state index in [1.807, 2.05) is 47.2 Å². The highest BCUT2D eigenvalue weighted by molar-refractivity contribution is 7.89. The van der Waals surface area contributed by atoms with E-state index in [1.165, 1.54) is 16.9 Å². The molecule has 0 atom stereocenters. The van der Waals surface area contributed by atoms with Crippen LogP contribution >= 0.6 is 22.7 Å². The molecule has 3 rings (SSSR count). The Morgan fingerprint density at radius 1 is 1.00 bits per heavy atom. The Kier molecular flexibility index (Phi) is 5.14. The van der Waals surface area contributed by atoms with Crippen LogP contribution in [0.4, 0.5) is 0 Å². The lowest BCUT2D eigenvalue weighted by Crippen LogP contribution is -2.11. The topological polar surface area (TPSA) is 47.0 Å². The molecule has 0 saturated carbocycles. The van der Waals surface area contributed by atoms with Crippen molar-refractivity contribution in [3.8, 4) is 9.88 Å². The molecule has 132 valence electrons. The third-order valence-electron chi connectivity index (χ3n) is 3.86. The number of thiophene rings is 1. The predicted octanol–water partition coefficient (Wildman–Crippen LogP) is 5.28. The Balaban J connectivity index is 1.70. The van der Waals surface area contributed by atoms with Crippen LogP contribution in [0.15, 0.2) is 47.2 Å². The van der Waals surface area contributed by atoms with E-state index in [2.05, 4.69) is 25.8 Å². The van der Waals surface area contributed by atoms with Crippen LogP contribution in [0.5, 0.6) is 0 Å². The van der Waals surface area contributed by atoms with Crippen molar-refractivity contribution in [2.45, 2.75) is 37.7 Å². The van der Waals surface area contributed by atoms with Gasteiger partial charge in [0.25, 0.3) is 0 Å². The standard InChI is InChI=1S/C19H21NO2S3/c1-19(2,3)15-8-6-14(7-9-15)12-25(21,22)13-16-11-24-18(20-16)17-5-4-10-23-17/h4-11H,12-13H2,1-3H3. The number of hydrogen-bond acceptors (Lipinski definition) is 5. The van der Waals surface area contributed by atoms with Gasteiger partial charge in [0.05, 0.1) is 22.1 Å². The third-order valence-corrected chi connectivity index (χ3v) is 7.30. The SMILES string of the molecule is CC(C)(C)c1ccc(CS(=O)(=O)Cc2csc(-c3cccs3)n2)cc1. The van der Waals surface area contributed by atoms with Crippen LogP contribution in [0.25, 0.3) is 9.88 Å². The molecule has 2 aromatic heterocycles. The molecule has 0 aliphatic heterocycles. The molecule has 0 bridgehead atoms. The van der Waals surface area contributed by atoms with Gasteiger partial charge in [0.15, 0.2) is 9.84 Å².